The van der Waals surface area contributed by atoms with Gasteiger partial charge >= 0.3 is 0 Å². The standard InChI is InChI=1S/C34H38N4/c1-23-19-32(36-33(20-23)37-25(3)7-8-26(37)4)18-17-30-13-11-29(12-14-30)15-16-31-21-24(2)35-34(22-31)38-27(5)9-10-28(38)6/h7-14,19-22H,15-18H2,1-6H3. The van der Waals surface area contributed by atoms with Gasteiger partial charge in [0, 0.05) is 34.2 Å². The van der Waals surface area contributed by atoms with E-state index in [4.69, 9.17) is 9.97 Å². The number of rotatable bonds is 8. The lowest BCUT2D eigenvalue weighted by Crippen LogP contribution is -2.05. The molecule has 0 radical (unpaired) electrons. The molecule has 0 aliphatic carbocycles. The van der Waals surface area contributed by atoms with E-state index >= 15 is 0 Å². The van der Waals surface area contributed by atoms with Gasteiger partial charge in [-0.2, -0.15) is 0 Å². The Kier molecular flexibility index (Phi) is 7.33. The van der Waals surface area contributed by atoms with Crippen LogP contribution in [0.5, 0.6) is 0 Å². The number of aryl methyl sites for hydroxylation is 10. The minimum Gasteiger partial charge on any atom is -0.303 e. The highest BCUT2D eigenvalue weighted by Gasteiger charge is 2.10. The van der Waals surface area contributed by atoms with Crippen molar-refractivity contribution in [3.8, 4) is 11.6 Å². The molecule has 4 nitrogen and oxygen atoms in total. The number of hydrogen-bond donors (Lipinski definition) is 0. The minimum absolute atomic E-state index is 0.935. The van der Waals surface area contributed by atoms with Crippen molar-refractivity contribution in [2.45, 2.75) is 67.2 Å². The molecule has 5 aromatic rings. The zero-order chi connectivity index (χ0) is 26.8. The van der Waals surface area contributed by atoms with E-state index in [0.717, 1.165) is 48.7 Å². The Morgan fingerprint density at radius 1 is 0.474 bits per heavy atom. The molecule has 0 spiro atoms. The minimum atomic E-state index is 0.935. The smallest absolute Gasteiger partial charge is 0.137 e. The van der Waals surface area contributed by atoms with Gasteiger partial charge in [0.15, 0.2) is 0 Å². The maximum absolute atomic E-state index is 4.99. The molecular weight excluding hydrogens is 464 g/mol. The summed E-state index contributed by atoms with van der Waals surface area (Å²) in [6, 6.07) is 26.6. The van der Waals surface area contributed by atoms with Gasteiger partial charge in [0.05, 0.1) is 0 Å². The van der Waals surface area contributed by atoms with Crippen LogP contribution in [0.4, 0.5) is 0 Å². The second-order valence-corrected chi connectivity index (χ2v) is 10.7. The van der Waals surface area contributed by atoms with Crippen LogP contribution in [-0.4, -0.2) is 19.1 Å². The fourth-order valence-electron chi connectivity index (χ4n) is 5.44. The van der Waals surface area contributed by atoms with E-state index in [1.54, 1.807) is 0 Å². The van der Waals surface area contributed by atoms with Gasteiger partial charge in [-0.05, 0) is 138 Å². The third-order valence-corrected chi connectivity index (χ3v) is 7.40. The number of nitrogens with zero attached hydrogens (tertiary/aromatic N) is 4. The van der Waals surface area contributed by atoms with Crippen LogP contribution < -0.4 is 0 Å². The Hall–Kier alpha value is -3.92. The summed E-state index contributed by atoms with van der Waals surface area (Å²) in [6.07, 6.45) is 3.95. The SMILES string of the molecule is Cc1cc(CCc2ccc(CCc3cc(C)nc(-n4c(C)ccc4C)c3)cc2)nc(-n2c(C)ccc2C)c1. The Morgan fingerprint density at radius 3 is 1.50 bits per heavy atom. The molecule has 194 valence electrons. The summed E-state index contributed by atoms with van der Waals surface area (Å²) in [7, 11) is 0. The summed E-state index contributed by atoms with van der Waals surface area (Å²) >= 11 is 0. The van der Waals surface area contributed by atoms with Gasteiger partial charge in [0.25, 0.3) is 0 Å². The number of aromatic nitrogens is 4. The Bertz CT molecular complexity index is 1410. The Labute approximate surface area is 227 Å². The van der Waals surface area contributed by atoms with E-state index in [9.17, 15) is 0 Å². The second-order valence-electron chi connectivity index (χ2n) is 10.7. The molecule has 38 heavy (non-hydrogen) atoms. The van der Waals surface area contributed by atoms with Crippen molar-refractivity contribution in [1.29, 1.82) is 0 Å². The van der Waals surface area contributed by atoms with E-state index < -0.39 is 0 Å². The van der Waals surface area contributed by atoms with Crippen molar-refractivity contribution in [3.63, 3.8) is 0 Å². The summed E-state index contributed by atoms with van der Waals surface area (Å²) in [5.74, 6) is 2.04. The normalized spacial score (nSPS) is 11.3. The fourth-order valence-corrected chi connectivity index (χ4v) is 5.44. The van der Waals surface area contributed by atoms with Crippen LogP contribution in [-0.2, 0) is 25.7 Å². The van der Waals surface area contributed by atoms with Crippen molar-refractivity contribution in [3.05, 3.63) is 129 Å². The lowest BCUT2D eigenvalue weighted by molar-refractivity contribution is 0.860. The molecule has 1 aromatic carbocycles. The topological polar surface area (TPSA) is 35.6 Å². The first-order chi connectivity index (χ1) is 18.3. The molecule has 0 bridgehead atoms. The number of benzene rings is 1. The van der Waals surface area contributed by atoms with E-state index in [1.807, 2.05) is 0 Å². The van der Waals surface area contributed by atoms with Crippen molar-refractivity contribution >= 4 is 0 Å². The van der Waals surface area contributed by atoms with E-state index in [-0.39, 0.29) is 0 Å². The zero-order valence-corrected chi connectivity index (χ0v) is 23.5. The van der Waals surface area contributed by atoms with Crippen LogP contribution in [0.1, 0.15) is 56.4 Å². The number of hydrogen-bond acceptors (Lipinski definition) is 2. The third kappa shape index (κ3) is 5.65. The molecule has 4 aromatic heterocycles. The molecular formula is C34H38N4. The van der Waals surface area contributed by atoms with E-state index in [0.29, 0.717) is 0 Å². The molecule has 0 aliphatic heterocycles. The summed E-state index contributed by atoms with van der Waals surface area (Å²) < 4.78 is 4.47. The lowest BCUT2D eigenvalue weighted by Gasteiger charge is -2.12. The molecule has 0 saturated carbocycles. The predicted octanol–water partition coefficient (Wildman–Crippen LogP) is 7.48. The summed E-state index contributed by atoms with van der Waals surface area (Å²) in [5, 5.41) is 0. The molecule has 4 heteroatoms. The van der Waals surface area contributed by atoms with Crippen molar-refractivity contribution in [1.82, 2.24) is 19.1 Å². The lowest BCUT2D eigenvalue weighted by atomic mass is 10.0. The molecule has 0 unspecified atom stereocenters. The van der Waals surface area contributed by atoms with Gasteiger partial charge in [-0.15, -0.1) is 0 Å². The molecule has 5 rings (SSSR count). The summed E-state index contributed by atoms with van der Waals surface area (Å²) in [4.78, 5) is 9.79. The first kappa shape index (κ1) is 25.7. The third-order valence-electron chi connectivity index (χ3n) is 7.40. The van der Waals surface area contributed by atoms with Crippen molar-refractivity contribution in [2.24, 2.45) is 0 Å². The van der Waals surface area contributed by atoms with Crippen LogP contribution in [0.3, 0.4) is 0 Å². The number of pyridine rings is 2. The summed E-state index contributed by atoms with van der Waals surface area (Å²) in [5.41, 5.74) is 12.4. The van der Waals surface area contributed by atoms with Gasteiger partial charge in [-0.3, -0.25) is 0 Å². The Morgan fingerprint density at radius 2 is 0.947 bits per heavy atom. The van der Waals surface area contributed by atoms with Gasteiger partial charge < -0.3 is 9.13 Å². The first-order valence-corrected chi connectivity index (χ1v) is 13.6. The largest absolute Gasteiger partial charge is 0.303 e. The van der Waals surface area contributed by atoms with Crippen LogP contribution in [0, 0.1) is 41.5 Å². The van der Waals surface area contributed by atoms with Gasteiger partial charge in [-0.25, -0.2) is 9.97 Å². The quantitative estimate of drug-likeness (QED) is 0.220. The molecule has 0 amide bonds. The maximum atomic E-state index is 4.99. The van der Waals surface area contributed by atoms with Gasteiger partial charge in [-0.1, -0.05) is 24.3 Å². The molecule has 0 N–H and O–H groups in total. The molecule has 0 aliphatic rings. The fraction of sp³-hybridized carbons (Fsp3) is 0.294. The molecule has 0 saturated heterocycles. The van der Waals surface area contributed by atoms with Crippen molar-refractivity contribution < 1.29 is 0 Å². The zero-order valence-electron chi connectivity index (χ0n) is 23.5. The molecule has 0 fully saturated rings. The second kappa shape index (κ2) is 10.8. The van der Waals surface area contributed by atoms with Crippen LogP contribution >= 0.6 is 0 Å². The maximum Gasteiger partial charge on any atom is 0.137 e. The first-order valence-electron chi connectivity index (χ1n) is 13.6. The Balaban J connectivity index is 1.23. The predicted molar refractivity (Wildman–Crippen MR) is 157 cm³/mol. The van der Waals surface area contributed by atoms with Crippen molar-refractivity contribution in [2.75, 3.05) is 0 Å². The monoisotopic (exact) mass is 502 g/mol. The average Bonchev–Trinajstić information content (AvgIpc) is 3.40. The highest BCUT2D eigenvalue weighted by Crippen LogP contribution is 2.20. The molecule has 0 atom stereocenters. The van der Waals surface area contributed by atoms with Gasteiger partial charge in [0.1, 0.15) is 11.6 Å². The summed E-state index contributed by atoms with van der Waals surface area (Å²) in [6.45, 7) is 12.8. The molecule has 4 heterocycles. The van der Waals surface area contributed by atoms with Crippen LogP contribution in [0.25, 0.3) is 11.6 Å². The average molecular weight is 503 g/mol. The van der Waals surface area contributed by atoms with Crippen LogP contribution in [0.2, 0.25) is 0 Å². The van der Waals surface area contributed by atoms with E-state index in [2.05, 4.69) is 123 Å². The van der Waals surface area contributed by atoms with Crippen LogP contribution in [0.15, 0.2) is 72.8 Å². The van der Waals surface area contributed by atoms with Gasteiger partial charge in [0.2, 0.25) is 0 Å². The highest BCUT2D eigenvalue weighted by molar-refractivity contribution is 5.38. The highest BCUT2D eigenvalue weighted by atomic mass is 15.1. The van der Waals surface area contributed by atoms with E-state index in [1.165, 1.54) is 45.0 Å².